The van der Waals surface area contributed by atoms with Crippen LogP contribution in [-0.4, -0.2) is 64.4 Å². The first-order chi connectivity index (χ1) is 15.6. The third-order valence-corrected chi connectivity index (χ3v) is 5.81. The summed E-state index contributed by atoms with van der Waals surface area (Å²) in [5.41, 5.74) is 2.23. The van der Waals surface area contributed by atoms with E-state index in [-0.39, 0.29) is 0 Å². The number of anilines is 2. The van der Waals surface area contributed by atoms with E-state index in [1.165, 1.54) is 0 Å². The number of rotatable bonds is 9. The zero-order valence-electron chi connectivity index (χ0n) is 19.9. The lowest BCUT2D eigenvalue weighted by molar-refractivity contribution is 0.394. The molecular formula is C24H36N6O2. The first kappa shape index (κ1) is 23.5. The number of ether oxygens (including phenoxy) is 2. The van der Waals surface area contributed by atoms with Gasteiger partial charge in [-0.1, -0.05) is 6.07 Å². The van der Waals surface area contributed by atoms with Gasteiger partial charge in [-0.2, -0.15) is 0 Å². The van der Waals surface area contributed by atoms with Gasteiger partial charge in [0.1, 0.15) is 17.3 Å². The zero-order valence-corrected chi connectivity index (χ0v) is 19.9. The Morgan fingerprint density at radius 1 is 1.16 bits per heavy atom. The highest BCUT2D eigenvalue weighted by Gasteiger charge is 2.24. The lowest BCUT2D eigenvalue weighted by Crippen LogP contribution is -2.44. The molecule has 2 heterocycles. The van der Waals surface area contributed by atoms with Crippen molar-refractivity contribution in [3.63, 3.8) is 0 Å². The molecule has 8 nitrogen and oxygen atoms in total. The number of aliphatic imine (C=N–C) groups is 1. The second-order valence-corrected chi connectivity index (χ2v) is 7.77. The van der Waals surface area contributed by atoms with Gasteiger partial charge in [0.25, 0.3) is 0 Å². The van der Waals surface area contributed by atoms with E-state index in [0.29, 0.717) is 12.6 Å². The molecule has 1 aliphatic rings. The molecule has 0 radical (unpaired) electrons. The first-order valence-electron chi connectivity index (χ1n) is 11.2. The van der Waals surface area contributed by atoms with Gasteiger partial charge in [-0.25, -0.2) is 4.98 Å². The van der Waals surface area contributed by atoms with Gasteiger partial charge in [-0.15, -0.1) is 0 Å². The SMILES string of the molecule is CCN(CC)c1ccc(CNC(=NC)NC2CCN(c3cc(OC)cc(OC)c3)C2)cn1. The molecule has 0 spiro atoms. The van der Waals surface area contributed by atoms with Crippen molar-refractivity contribution in [3.05, 3.63) is 42.1 Å². The second-order valence-electron chi connectivity index (χ2n) is 7.77. The Labute approximate surface area is 191 Å². The van der Waals surface area contributed by atoms with E-state index in [0.717, 1.165) is 67.1 Å². The summed E-state index contributed by atoms with van der Waals surface area (Å²) in [5.74, 6) is 3.41. The van der Waals surface area contributed by atoms with Crippen LogP contribution in [0.25, 0.3) is 0 Å². The van der Waals surface area contributed by atoms with Crippen LogP contribution >= 0.6 is 0 Å². The molecule has 0 aliphatic carbocycles. The molecular weight excluding hydrogens is 404 g/mol. The standard InChI is InChI=1S/C24H36N6O2/c1-6-29(7-2)23-9-8-18(15-26-23)16-27-24(25-3)28-19-10-11-30(17-19)20-12-21(31-4)14-22(13-20)32-5/h8-9,12-15,19H,6-7,10-11,16-17H2,1-5H3,(H2,25,27,28). The molecule has 174 valence electrons. The van der Waals surface area contributed by atoms with Crippen LogP contribution in [0, 0.1) is 0 Å². The van der Waals surface area contributed by atoms with E-state index in [9.17, 15) is 0 Å². The summed E-state index contributed by atoms with van der Waals surface area (Å²) in [4.78, 5) is 13.6. The van der Waals surface area contributed by atoms with Crippen LogP contribution in [0.3, 0.4) is 0 Å². The van der Waals surface area contributed by atoms with Gasteiger partial charge in [0.2, 0.25) is 0 Å². The lowest BCUT2D eigenvalue weighted by Gasteiger charge is -2.22. The molecule has 1 fully saturated rings. The van der Waals surface area contributed by atoms with Gasteiger partial charge in [-0.3, -0.25) is 4.99 Å². The van der Waals surface area contributed by atoms with E-state index in [2.05, 4.69) is 56.4 Å². The van der Waals surface area contributed by atoms with E-state index in [1.807, 2.05) is 24.4 Å². The highest BCUT2D eigenvalue weighted by atomic mass is 16.5. The van der Waals surface area contributed by atoms with Crippen LogP contribution < -0.4 is 29.9 Å². The van der Waals surface area contributed by atoms with E-state index in [4.69, 9.17) is 9.47 Å². The second kappa shape index (κ2) is 11.5. The zero-order chi connectivity index (χ0) is 22.9. The Morgan fingerprint density at radius 2 is 1.88 bits per heavy atom. The van der Waals surface area contributed by atoms with Crippen LogP contribution in [0.2, 0.25) is 0 Å². The summed E-state index contributed by atoms with van der Waals surface area (Å²) in [6.07, 6.45) is 2.96. The van der Waals surface area contributed by atoms with E-state index in [1.54, 1.807) is 21.3 Å². The average molecular weight is 441 g/mol. The Morgan fingerprint density at radius 3 is 2.44 bits per heavy atom. The molecule has 2 N–H and O–H groups in total. The van der Waals surface area contributed by atoms with Crippen LogP contribution in [0.15, 0.2) is 41.5 Å². The number of aromatic nitrogens is 1. The van der Waals surface area contributed by atoms with Crippen molar-refractivity contribution in [1.29, 1.82) is 0 Å². The van der Waals surface area contributed by atoms with Crippen molar-refractivity contribution >= 4 is 17.5 Å². The third-order valence-electron chi connectivity index (χ3n) is 5.81. The van der Waals surface area contributed by atoms with Gasteiger partial charge in [-0.05, 0) is 31.9 Å². The summed E-state index contributed by atoms with van der Waals surface area (Å²) in [6, 6.07) is 10.5. The summed E-state index contributed by atoms with van der Waals surface area (Å²) < 4.78 is 10.8. The molecule has 2 aromatic rings. The van der Waals surface area contributed by atoms with Crippen LogP contribution in [0.4, 0.5) is 11.5 Å². The number of nitrogens with one attached hydrogen (secondary N) is 2. The van der Waals surface area contributed by atoms with Gasteiger partial charge in [0, 0.05) is 75.9 Å². The van der Waals surface area contributed by atoms with Crippen molar-refractivity contribution in [3.8, 4) is 11.5 Å². The maximum atomic E-state index is 5.41. The van der Waals surface area contributed by atoms with Crippen molar-refractivity contribution in [2.45, 2.75) is 32.9 Å². The van der Waals surface area contributed by atoms with Crippen molar-refractivity contribution in [2.24, 2.45) is 4.99 Å². The van der Waals surface area contributed by atoms with E-state index >= 15 is 0 Å². The Kier molecular flexibility index (Phi) is 8.41. The van der Waals surface area contributed by atoms with Crippen molar-refractivity contribution in [2.75, 3.05) is 57.2 Å². The molecule has 0 amide bonds. The minimum atomic E-state index is 0.307. The number of benzene rings is 1. The fraction of sp³-hybridized carbons (Fsp3) is 0.500. The minimum Gasteiger partial charge on any atom is -0.497 e. The quantitative estimate of drug-likeness (QED) is 0.459. The summed E-state index contributed by atoms with van der Waals surface area (Å²) in [6.45, 7) is 8.72. The lowest BCUT2D eigenvalue weighted by atomic mass is 10.2. The Bertz CT molecular complexity index is 860. The fourth-order valence-electron chi connectivity index (χ4n) is 3.92. The molecule has 0 saturated carbocycles. The molecule has 8 heteroatoms. The number of hydrogen-bond acceptors (Lipinski definition) is 6. The molecule has 1 aromatic heterocycles. The molecule has 0 bridgehead atoms. The van der Waals surface area contributed by atoms with Crippen molar-refractivity contribution < 1.29 is 9.47 Å². The maximum absolute atomic E-state index is 5.41. The fourth-order valence-corrected chi connectivity index (χ4v) is 3.92. The summed E-state index contributed by atoms with van der Waals surface area (Å²) in [5, 5.41) is 6.95. The topological polar surface area (TPSA) is 74.2 Å². The van der Waals surface area contributed by atoms with Crippen molar-refractivity contribution in [1.82, 2.24) is 15.6 Å². The van der Waals surface area contributed by atoms with Gasteiger partial charge in [0.15, 0.2) is 5.96 Å². The normalized spacial score (nSPS) is 16.1. The molecule has 1 aromatic carbocycles. The number of hydrogen-bond donors (Lipinski definition) is 2. The Balaban J connectivity index is 1.53. The Hall–Kier alpha value is -3.16. The molecule has 1 unspecified atom stereocenters. The molecule has 1 saturated heterocycles. The smallest absolute Gasteiger partial charge is 0.191 e. The molecule has 1 atom stereocenters. The molecule has 32 heavy (non-hydrogen) atoms. The minimum absolute atomic E-state index is 0.307. The van der Waals surface area contributed by atoms with Crippen LogP contribution in [0.1, 0.15) is 25.8 Å². The average Bonchev–Trinajstić information content (AvgIpc) is 3.31. The maximum Gasteiger partial charge on any atom is 0.191 e. The van der Waals surface area contributed by atoms with Gasteiger partial charge < -0.3 is 29.9 Å². The predicted molar refractivity (Wildman–Crippen MR) is 131 cm³/mol. The molecule has 3 rings (SSSR count). The summed E-state index contributed by atoms with van der Waals surface area (Å²) in [7, 11) is 5.15. The number of guanidine groups is 1. The summed E-state index contributed by atoms with van der Waals surface area (Å²) >= 11 is 0. The highest BCUT2D eigenvalue weighted by molar-refractivity contribution is 5.80. The number of nitrogens with zero attached hydrogens (tertiary/aromatic N) is 4. The van der Waals surface area contributed by atoms with Gasteiger partial charge >= 0.3 is 0 Å². The van der Waals surface area contributed by atoms with Crippen LogP contribution in [-0.2, 0) is 6.54 Å². The molecule has 1 aliphatic heterocycles. The monoisotopic (exact) mass is 440 g/mol. The predicted octanol–water partition coefficient (Wildman–Crippen LogP) is 2.89. The van der Waals surface area contributed by atoms with Crippen LogP contribution in [0.5, 0.6) is 11.5 Å². The van der Waals surface area contributed by atoms with E-state index < -0.39 is 0 Å². The first-order valence-corrected chi connectivity index (χ1v) is 11.2. The van der Waals surface area contributed by atoms with Gasteiger partial charge in [0.05, 0.1) is 14.2 Å². The highest BCUT2D eigenvalue weighted by Crippen LogP contribution is 2.30. The number of pyridine rings is 1. The third kappa shape index (κ3) is 5.96. The largest absolute Gasteiger partial charge is 0.497 e. The number of methoxy groups -OCH3 is 2.